The van der Waals surface area contributed by atoms with Crippen molar-refractivity contribution in [2.75, 3.05) is 6.54 Å². The van der Waals surface area contributed by atoms with Crippen LogP contribution in [0.3, 0.4) is 0 Å². The molecule has 1 fully saturated rings. The molecule has 25 heavy (non-hydrogen) atoms. The Kier molecular flexibility index (Phi) is 8.00. The van der Waals surface area contributed by atoms with Gasteiger partial charge in [-0.25, -0.2) is 13.1 Å². The molecule has 1 aliphatic rings. The molecule has 1 amide bonds. The summed E-state index contributed by atoms with van der Waals surface area (Å²) < 4.78 is 26.8. The number of halogens is 2. The van der Waals surface area contributed by atoms with Crippen LogP contribution in [0.5, 0.6) is 0 Å². The molecule has 0 spiro atoms. The minimum Gasteiger partial charge on any atom is -0.353 e. The SMILES string of the molecule is O=C(CCCNS(=O)(=O)c1ccc(Cl)c(Cl)c1)NC1CCCCCC1. The Hall–Kier alpha value is -0.820. The van der Waals surface area contributed by atoms with E-state index >= 15 is 0 Å². The van der Waals surface area contributed by atoms with Crippen LogP contribution in [0.4, 0.5) is 0 Å². The van der Waals surface area contributed by atoms with E-state index in [9.17, 15) is 13.2 Å². The van der Waals surface area contributed by atoms with Crippen LogP contribution in [0.15, 0.2) is 23.1 Å². The van der Waals surface area contributed by atoms with Crippen molar-refractivity contribution in [2.45, 2.75) is 62.3 Å². The van der Waals surface area contributed by atoms with Crippen molar-refractivity contribution in [2.24, 2.45) is 0 Å². The number of rotatable bonds is 7. The smallest absolute Gasteiger partial charge is 0.240 e. The topological polar surface area (TPSA) is 75.3 Å². The third kappa shape index (κ3) is 6.77. The summed E-state index contributed by atoms with van der Waals surface area (Å²) in [6, 6.07) is 4.42. The first kappa shape index (κ1) is 20.5. The zero-order valence-corrected chi connectivity index (χ0v) is 16.4. The van der Waals surface area contributed by atoms with Crippen LogP contribution in [0, 0.1) is 0 Å². The Morgan fingerprint density at radius 1 is 1.08 bits per heavy atom. The number of sulfonamides is 1. The van der Waals surface area contributed by atoms with Crippen LogP contribution in [-0.2, 0) is 14.8 Å². The second-order valence-corrected chi connectivity index (χ2v) is 8.91. The standard InChI is InChI=1S/C17H24Cl2N2O3S/c18-15-10-9-14(12-16(15)19)25(23,24)20-11-5-8-17(22)21-13-6-3-1-2-4-7-13/h9-10,12-13,20H,1-8,11H2,(H,21,22). The maximum Gasteiger partial charge on any atom is 0.240 e. The van der Waals surface area contributed by atoms with Gasteiger partial charge in [0, 0.05) is 19.0 Å². The normalized spacial score (nSPS) is 16.4. The molecule has 1 saturated carbocycles. The summed E-state index contributed by atoms with van der Waals surface area (Å²) in [4.78, 5) is 12.0. The fourth-order valence-corrected chi connectivity index (χ4v) is 4.37. The van der Waals surface area contributed by atoms with Gasteiger partial charge in [-0.2, -0.15) is 0 Å². The van der Waals surface area contributed by atoms with E-state index in [1.54, 1.807) is 0 Å². The molecule has 2 N–H and O–H groups in total. The molecule has 0 saturated heterocycles. The summed E-state index contributed by atoms with van der Waals surface area (Å²) in [6.45, 7) is 0.195. The third-order valence-electron chi connectivity index (χ3n) is 4.29. The van der Waals surface area contributed by atoms with E-state index in [1.165, 1.54) is 31.0 Å². The lowest BCUT2D eigenvalue weighted by molar-refractivity contribution is -0.121. The van der Waals surface area contributed by atoms with Crippen molar-refractivity contribution < 1.29 is 13.2 Å². The van der Waals surface area contributed by atoms with E-state index in [0.29, 0.717) is 17.9 Å². The van der Waals surface area contributed by atoms with E-state index in [2.05, 4.69) is 10.0 Å². The van der Waals surface area contributed by atoms with Gasteiger partial charge < -0.3 is 5.32 Å². The minimum absolute atomic E-state index is 0.0133. The van der Waals surface area contributed by atoms with Crippen LogP contribution in [0.2, 0.25) is 10.0 Å². The fourth-order valence-electron chi connectivity index (χ4n) is 2.91. The third-order valence-corrected chi connectivity index (χ3v) is 6.49. The summed E-state index contributed by atoms with van der Waals surface area (Å²) >= 11 is 11.6. The van der Waals surface area contributed by atoms with E-state index in [0.717, 1.165) is 25.7 Å². The van der Waals surface area contributed by atoms with Gasteiger partial charge in [-0.3, -0.25) is 4.79 Å². The molecule has 1 aromatic rings. The molecular weight excluding hydrogens is 383 g/mol. The average molecular weight is 407 g/mol. The molecule has 0 bridgehead atoms. The molecule has 1 aromatic carbocycles. The highest BCUT2D eigenvalue weighted by atomic mass is 35.5. The van der Waals surface area contributed by atoms with Crippen molar-refractivity contribution >= 4 is 39.1 Å². The zero-order valence-electron chi connectivity index (χ0n) is 14.1. The van der Waals surface area contributed by atoms with Crippen molar-refractivity contribution in [1.29, 1.82) is 0 Å². The van der Waals surface area contributed by atoms with Crippen LogP contribution < -0.4 is 10.0 Å². The van der Waals surface area contributed by atoms with Crippen LogP contribution in [0.1, 0.15) is 51.4 Å². The first-order valence-corrected chi connectivity index (χ1v) is 10.9. The predicted octanol–water partition coefficient (Wildman–Crippen LogP) is 3.89. The monoisotopic (exact) mass is 406 g/mol. The van der Waals surface area contributed by atoms with Gasteiger partial charge in [-0.1, -0.05) is 48.9 Å². The number of hydrogen-bond donors (Lipinski definition) is 2. The Balaban J connectivity index is 1.74. The molecule has 8 heteroatoms. The van der Waals surface area contributed by atoms with Gasteiger partial charge >= 0.3 is 0 Å². The van der Waals surface area contributed by atoms with E-state index in [4.69, 9.17) is 23.2 Å². The molecule has 2 rings (SSSR count). The van der Waals surface area contributed by atoms with Crippen molar-refractivity contribution in [3.63, 3.8) is 0 Å². The quantitative estimate of drug-likeness (QED) is 0.532. The second-order valence-electron chi connectivity index (χ2n) is 6.33. The van der Waals surface area contributed by atoms with Gasteiger partial charge in [0.05, 0.1) is 14.9 Å². The molecule has 0 atom stereocenters. The average Bonchev–Trinajstić information content (AvgIpc) is 2.82. The van der Waals surface area contributed by atoms with Gasteiger partial charge in [-0.15, -0.1) is 0 Å². The molecule has 5 nitrogen and oxygen atoms in total. The molecule has 0 unspecified atom stereocenters. The number of amides is 1. The lowest BCUT2D eigenvalue weighted by Crippen LogP contribution is -2.35. The number of carbonyl (C=O) groups excluding carboxylic acids is 1. The fraction of sp³-hybridized carbons (Fsp3) is 0.588. The van der Waals surface area contributed by atoms with Gasteiger partial charge in [0.2, 0.25) is 15.9 Å². The Morgan fingerprint density at radius 2 is 1.76 bits per heavy atom. The molecular formula is C17H24Cl2N2O3S. The van der Waals surface area contributed by atoms with Gasteiger partial charge in [0.25, 0.3) is 0 Å². The Morgan fingerprint density at radius 3 is 2.40 bits per heavy atom. The summed E-state index contributed by atoms with van der Waals surface area (Å²) in [7, 11) is -3.65. The summed E-state index contributed by atoms with van der Waals surface area (Å²) in [5.74, 6) is -0.0133. The molecule has 140 valence electrons. The lowest BCUT2D eigenvalue weighted by atomic mass is 10.1. The number of benzene rings is 1. The minimum atomic E-state index is -3.65. The molecule has 0 aromatic heterocycles. The van der Waals surface area contributed by atoms with E-state index < -0.39 is 10.0 Å². The first-order chi connectivity index (χ1) is 11.9. The maximum atomic E-state index is 12.2. The van der Waals surface area contributed by atoms with E-state index in [1.807, 2.05) is 0 Å². The highest BCUT2D eigenvalue weighted by molar-refractivity contribution is 7.89. The van der Waals surface area contributed by atoms with Crippen LogP contribution >= 0.6 is 23.2 Å². The molecule has 0 aliphatic heterocycles. The van der Waals surface area contributed by atoms with E-state index in [-0.39, 0.29) is 28.4 Å². The van der Waals surface area contributed by atoms with Crippen LogP contribution in [-0.4, -0.2) is 26.9 Å². The summed E-state index contributed by atoms with van der Waals surface area (Å²) in [6.07, 6.45) is 7.62. The largest absolute Gasteiger partial charge is 0.353 e. The first-order valence-electron chi connectivity index (χ1n) is 8.62. The van der Waals surface area contributed by atoms with Crippen molar-refractivity contribution in [3.8, 4) is 0 Å². The highest BCUT2D eigenvalue weighted by Gasteiger charge is 2.16. The van der Waals surface area contributed by atoms with Gasteiger partial charge in [0.15, 0.2) is 0 Å². The zero-order chi connectivity index (χ0) is 18.3. The number of carbonyl (C=O) groups is 1. The summed E-state index contributed by atoms with van der Waals surface area (Å²) in [5.41, 5.74) is 0. The number of hydrogen-bond acceptors (Lipinski definition) is 3. The van der Waals surface area contributed by atoms with Gasteiger partial charge in [-0.05, 0) is 37.5 Å². The highest BCUT2D eigenvalue weighted by Crippen LogP contribution is 2.24. The predicted molar refractivity (Wildman–Crippen MR) is 101 cm³/mol. The molecule has 1 aliphatic carbocycles. The Labute approximate surface area is 159 Å². The molecule has 0 heterocycles. The second kappa shape index (κ2) is 9.76. The van der Waals surface area contributed by atoms with Crippen molar-refractivity contribution in [1.82, 2.24) is 10.0 Å². The van der Waals surface area contributed by atoms with Gasteiger partial charge in [0.1, 0.15) is 0 Å². The summed E-state index contributed by atoms with van der Waals surface area (Å²) in [5, 5.41) is 3.54. The number of nitrogens with one attached hydrogen (secondary N) is 2. The van der Waals surface area contributed by atoms with Crippen LogP contribution in [0.25, 0.3) is 0 Å². The maximum absolute atomic E-state index is 12.2. The lowest BCUT2D eigenvalue weighted by Gasteiger charge is -2.16. The molecule has 0 radical (unpaired) electrons. The van der Waals surface area contributed by atoms with Crippen molar-refractivity contribution in [3.05, 3.63) is 28.2 Å². The Bertz CT molecular complexity index is 687.